The smallest absolute Gasteiger partial charge is 0.108 e. The van der Waals surface area contributed by atoms with E-state index in [9.17, 15) is 0 Å². The average Bonchev–Trinajstić information content (AvgIpc) is 3.11. The van der Waals surface area contributed by atoms with Gasteiger partial charge in [-0.3, -0.25) is 0 Å². The Hall–Kier alpha value is -1.65. The summed E-state index contributed by atoms with van der Waals surface area (Å²) in [5.41, 5.74) is 4.03. The van der Waals surface area contributed by atoms with Gasteiger partial charge in [0.25, 0.3) is 0 Å². The molecule has 0 amide bonds. The van der Waals surface area contributed by atoms with Gasteiger partial charge in [0.2, 0.25) is 0 Å². The van der Waals surface area contributed by atoms with Crippen molar-refractivity contribution in [3.63, 3.8) is 0 Å². The van der Waals surface area contributed by atoms with Crippen molar-refractivity contribution in [3.05, 3.63) is 53.1 Å². The second-order valence-electron chi connectivity index (χ2n) is 5.62. The van der Waals surface area contributed by atoms with Crippen LogP contribution in [0.15, 0.2) is 30.6 Å². The average molecular weight is 285 g/mol. The highest BCUT2D eigenvalue weighted by atomic mass is 16.5. The van der Waals surface area contributed by atoms with E-state index in [-0.39, 0.29) is 0 Å². The van der Waals surface area contributed by atoms with E-state index < -0.39 is 0 Å². The third-order valence-electron chi connectivity index (χ3n) is 4.18. The lowest BCUT2D eigenvalue weighted by Gasteiger charge is -2.19. The summed E-state index contributed by atoms with van der Waals surface area (Å²) in [6, 6.07) is 7.12. The van der Waals surface area contributed by atoms with Crippen molar-refractivity contribution in [2.75, 3.05) is 6.54 Å². The van der Waals surface area contributed by atoms with Gasteiger partial charge in [0.15, 0.2) is 0 Å². The van der Waals surface area contributed by atoms with Crippen molar-refractivity contribution in [2.45, 2.75) is 39.0 Å². The van der Waals surface area contributed by atoms with Crippen molar-refractivity contribution in [1.82, 2.24) is 14.9 Å². The van der Waals surface area contributed by atoms with Gasteiger partial charge in [0.05, 0.1) is 13.2 Å². The van der Waals surface area contributed by atoms with Gasteiger partial charge in [-0.25, -0.2) is 4.98 Å². The van der Waals surface area contributed by atoms with E-state index >= 15 is 0 Å². The van der Waals surface area contributed by atoms with Crippen LogP contribution in [0.25, 0.3) is 0 Å². The second-order valence-corrected chi connectivity index (χ2v) is 5.62. The summed E-state index contributed by atoms with van der Waals surface area (Å²) >= 11 is 0. The lowest BCUT2D eigenvalue weighted by molar-refractivity contribution is 0.134. The number of aryl methyl sites for hydroxylation is 2. The van der Waals surface area contributed by atoms with Crippen molar-refractivity contribution < 1.29 is 4.74 Å². The lowest BCUT2D eigenvalue weighted by Crippen LogP contribution is -2.22. The maximum Gasteiger partial charge on any atom is 0.108 e. The lowest BCUT2D eigenvalue weighted by atomic mass is 9.97. The Bertz CT molecular complexity index is 606. The molecular weight excluding hydrogens is 262 g/mol. The van der Waals surface area contributed by atoms with Crippen LogP contribution in [0.2, 0.25) is 0 Å². The summed E-state index contributed by atoms with van der Waals surface area (Å²) in [5.74, 6) is 1.14. The number of fused-ring (bicyclic) bond motifs is 1. The predicted octanol–water partition coefficient (Wildman–Crippen LogP) is 2.73. The Labute approximate surface area is 126 Å². The quantitative estimate of drug-likeness (QED) is 0.887. The highest BCUT2D eigenvalue weighted by Gasteiger charge is 2.16. The highest BCUT2D eigenvalue weighted by molar-refractivity contribution is 5.34. The van der Waals surface area contributed by atoms with E-state index in [1.165, 1.54) is 16.7 Å². The molecule has 1 unspecified atom stereocenters. The number of hydrogen-bond donors (Lipinski definition) is 1. The van der Waals surface area contributed by atoms with E-state index in [0.29, 0.717) is 6.04 Å². The molecule has 21 heavy (non-hydrogen) atoms. The minimum absolute atomic E-state index is 0.373. The van der Waals surface area contributed by atoms with Gasteiger partial charge in [0, 0.05) is 31.9 Å². The first-order valence-corrected chi connectivity index (χ1v) is 7.67. The molecule has 1 atom stereocenters. The first-order chi connectivity index (χ1) is 10.3. The van der Waals surface area contributed by atoms with E-state index in [1.807, 2.05) is 12.4 Å². The molecule has 0 radical (unpaired) electrons. The monoisotopic (exact) mass is 285 g/mol. The number of hydrogen-bond acceptors (Lipinski definition) is 3. The number of rotatable bonds is 6. The maximum absolute atomic E-state index is 5.51. The van der Waals surface area contributed by atoms with Gasteiger partial charge in [0.1, 0.15) is 5.82 Å². The van der Waals surface area contributed by atoms with Crippen molar-refractivity contribution >= 4 is 0 Å². The molecule has 0 bridgehead atoms. The number of benzene rings is 1. The minimum Gasteiger partial charge on any atom is -0.372 e. The normalized spacial score (nSPS) is 15.1. The first kappa shape index (κ1) is 14.3. The molecule has 0 spiro atoms. The Balaban J connectivity index is 1.73. The van der Waals surface area contributed by atoms with Crippen molar-refractivity contribution in [2.24, 2.45) is 7.05 Å². The summed E-state index contributed by atoms with van der Waals surface area (Å²) in [7, 11) is 2.05. The highest BCUT2D eigenvalue weighted by Crippen LogP contribution is 2.26. The van der Waals surface area contributed by atoms with Gasteiger partial charge in [-0.15, -0.1) is 0 Å². The SMILES string of the molecule is CCNC(CCc1nccn1C)c1ccc2c(c1)COC2. The fourth-order valence-corrected chi connectivity index (χ4v) is 2.95. The van der Waals surface area contributed by atoms with Gasteiger partial charge < -0.3 is 14.6 Å². The van der Waals surface area contributed by atoms with Gasteiger partial charge in [-0.2, -0.15) is 0 Å². The van der Waals surface area contributed by atoms with Gasteiger partial charge in [-0.1, -0.05) is 25.1 Å². The molecule has 3 rings (SSSR count). The molecule has 0 aliphatic carbocycles. The molecule has 0 saturated heterocycles. The van der Waals surface area contributed by atoms with Crippen LogP contribution in [0.3, 0.4) is 0 Å². The molecule has 1 aliphatic rings. The molecule has 4 heteroatoms. The maximum atomic E-state index is 5.51. The number of nitrogens with zero attached hydrogens (tertiary/aromatic N) is 2. The van der Waals surface area contributed by atoms with E-state index in [0.717, 1.165) is 38.4 Å². The molecule has 1 N–H and O–H groups in total. The predicted molar refractivity (Wildman–Crippen MR) is 82.9 cm³/mol. The number of aromatic nitrogens is 2. The van der Waals surface area contributed by atoms with E-state index in [2.05, 4.69) is 47.0 Å². The molecule has 2 aromatic rings. The molecule has 1 aliphatic heterocycles. The fourth-order valence-electron chi connectivity index (χ4n) is 2.95. The zero-order valence-electron chi connectivity index (χ0n) is 12.8. The van der Waals surface area contributed by atoms with Crippen LogP contribution in [0.5, 0.6) is 0 Å². The van der Waals surface area contributed by atoms with Gasteiger partial charge in [-0.05, 0) is 29.7 Å². The third kappa shape index (κ3) is 3.17. The second kappa shape index (κ2) is 6.41. The van der Waals surface area contributed by atoms with Crippen LogP contribution in [0.1, 0.15) is 41.9 Å². The summed E-state index contributed by atoms with van der Waals surface area (Å²) in [4.78, 5) is 4.41. The summed E-state index contributed by atoms with van der Waals surface area (Å²) in [5, 5.41) is 3.59. The summed E-state index contributed by atoms with van der Waals surface area (Å²) in [6.07, 6.45) is 5.90. The molecule has 0 fully saturated rings. The Morgan fingerprint density at radius 1 is 1.33 bits per heavy atom. The van der Waals surface area contributed by atoms with Crippen LogP contribution < -0.4 is 5.32 Å². The van der Waals surface area contributed by atoms with Crippen LogP contribution in [-0.2, 0) is 31.4 Å². The van der Waals surface area contributed by atoms with Crippen LogP contribution >= 0.6 is 0 Å². The first-order valence-electron chi connectivity index (χ1n) is 7.67. The number of ether oxygens (including phenoxy) is 1. The van der Waals surface area contributed by atoms with Crippen LogP contribution in [0, 0.1) is 0 Å². The largest absolute Gasteiger partial charge is 0.372 e. The van der Waals surface area contributed by atoms with Crippen LogP contribution in [-0.4, -0.2) is 16.1 Å². The zero-order valence-corrected chi connectivity index (χ0v) is 12.8. The van der Waals surface area contributed by atoms with Gasteiger partial charge >= 0.3 is 0 Å². The topological polar surface area (TPSA) is 39.1 Å². The summed E-state index contributed by atoms with van der Waals surface area (Å²) in [6.45, 7) is 4.64. The number of imidazole rings is 1. The minimum atomic E-state index is 0.373. The molecule has 2 heterocycles. The molecular formula is C17H23N3O. The number of nitrogens with one attached hydrogen (secondary N) is 1. The van der Waals surface area contributed by atoms with E-state index in [1.54, 1.807) is 0 Å². The zero-order chi connectivity index (χ0) is 14.7. The molecule has 1 aromatic heterocycles. The standard InChI is InChI=1S/C17H23N3O/c1-3-18-16(6-7-17-19-8-9-20(17)2)13-4-5-14-11-21-12-15(14)10-13/h4-5,8-10,16,18H,3,6-7,11-12H2,1-2H3. The Morgan fingerprint density at radius 2 is 2.19 bits per heavy atom. The fraction of sp³-hybridized carbons (Fsp3) is 0.471. The third-order valence-corrected chi connectivity index (χ3v) is 4.18. The Morgan fingerprint density at radius 3 is 2.95 bits per heavy atom. The molecule has 4 nitrogen and oxygen atoms in total. The van der Waals surface area contributed by atoms with Crippen LogP contribution in [0.4, 0.5) is 0 Å². The Kier molecular flexibility index (Phi) is 4.36. The van der Waals surface area contributed by atoms with Crippen molar-refractivity contribution in [1.29, 1.82) is 0 Å². The van der Waals surface area contributed by atoms with Crippen molar-refractivity contribution in [3.8, 4) is 0 Å². The molecule has 112 valence electrons. The summed E-state index contributed by atoms with van der Waals surface area (Å²) < 4.78 is 7.61. The molecule has 0 saturated carbocycles. The van der Waals surface area contributed by atoms with E-state index in [4.69, 9.17) is 4.74 Å². The molecule has 1 aromatic carbocycles.